The molecule has 0 spiro atoms. The average Bonchev–Trinajstić information content (AvgIpc) is 2.57. The van der Waals surface area contributed by atoms with Gasteiger partial charge in [-0.2, -0.15) is 0 Å². The van der Waals surface area contributed by atoms with Gasteiger partial charge in [0.1, 0.15) is 5.54 Å². The van der Waals surface area contributed by atoms with E-state index in [1.165, 1.54) is 0 Å². The number of halogens is 1. The van der Waals surface area contributed by atoms with E-state index in [0.717, 1.165) is 38.8 Å². The molecule has 0 aromatic rings. The minimum Gasteiger partial charge on any atom is -0.323 e. The first-order valence-corrected chi connectivity index (χ1v) is 6.03. The van der Waals surface area contributed by atoms with E-state index in [2.05, 4.69) is 16.0 Å². The van der Waals surface area contributed by atoms with Gasteiger partial charge in [0.25, 0.3) is 5.91 Å². The van der Waals surface area contributed by atoms with Crippen LogP contribution < -0.4 is 16.0 Å². The summed E-state index contributed by atoms with van der Waals surface area (Å²) in [5, 5.41) is 8.52. The number of hydrogen-bond acceptors (Lipinski definition) is 3. The smallest absolute Gasteiger partial charge is 0.322 e. The lowest BCUT2D eigenvalue weighted by atomic mass is 9.75. The molecule has 6 heteroatoms. The Balaban J connectivity index is 0.00000144. The van der Waals surface area contributed by atoms with Crippen LogP contribution >= 0.6 is 12.4 Å². The monoisotopic (exact) mass is 261 g/mol. The van der Waals surface area contributed by atoms with Gasteiger partial charge in [-0.1, -0.05) is 13.3 Å². The van der Waals surface area contributed by atoms with Crippen molar-refractivity contribution in [3.63, 3.8) is 0 Å². The summed E-state index contributed by atoms with van der Waals surface area (Å²) in [5.41, 5.74) is -0.645. The molecule has 1 atom stereocenters. The van der Waals surface area contributed by atoms with Crippen LogP contribution in [0.2, 0.25) is 0 Å². The molecule has 98 valence electrons. The molecule has 2 aliphatic heterocycles. The number of carbonyl (C=O) groups is 2. The molecule has 17 heavy (non-hydrogen) atoms. The first kappa shape index (κ1) is 14.3. The predicted octanol–water partition coefficient (Wildman–Crippen LogP) is 0.786. The molecule has 0 radical (unpaired) electrons. The SMILES string of the molecule is CCCC1(C2CCNCC2)NC(=O)NC1=O.Cl. The highest BCUT2D eigenvalue weighted by atomic mass is 35.5. The van der Waals surface area contributed by atoms with E-state index in [1.807, 2.05) is 6.92 Å². The van der Waals surface area contributed by atoms with Gasteiger partial charge in [-0.3, -0.25) is 10.1 Å². The van der Waals surface area contributed by atoms with Gasteiger partial charge in [0.05, 0.1) is 0 Å². The number of imide groups is 1. The van der Waals surface area contributed by atoms with Crippen molar-refractivity contribution in [1.29, 1.82) is 0 Å². The molecule has 3 amide bonds. The fourth-order valence-corrected chi connectivity index (χ4v) is 2.88. The second-order valence-corrected chi connectivity index (χ2v) is 4.65. The number of urea groups is 1. The maximum Gasteiger partial charge on any atom is 0.322 e. The first-order valence-electron chi connectivity index (χ1n) is 6.03. The zero-order chi connectivity index (χ0) is 11.6. The second kappa shape index (κ2) is 5.69. The maximum absolute atomic E-state index is 12.0. The van der Waals surface area contributed by atoms with Crippen molar-refractivity contribution in [2.24, 2.45) is 5.92 Å². The minimum atomic E-state index is -0.645. The normalized spacial score (nSPS) is 29.5. The highest BCUT2D eigenvalue weighted by Gasteiger charge is 2.50. The third-order valence-corrected chi connectivity index (χ3v) is 3.65. The molecule has 0 saturated carbocycles. The molecule has 1 unspecified atom stereocenters. The van der Waals surface area contributed by atoms with Crippen molar-refractivity contribution in [3.8, 4) is 0 Å². The number of hydrogen-bond donors (Lipinski definition) is 3. The van der Waals surface area contributed by atoms with Gasteiger partial charge in [0.15, 0.2) is 0 Å². The highest BCUT2D eigenvalue weighted by molar-refractivity contribution is 6.07. The second-order valence-electron chi connectivity index (χ2n) is 4.65. The molecule has 0 aromatic carbocycles. The minimum absolute atomic E-state index is 0. The van der Waals surface area contributed by atoms with E-state index < -0.39 is 5.54 Å². The molecule has 2 aliphatic rings. The largest absolute Gasteiger partial charge is 0.323 e. The molecule has 0 bridgehead atoms. The molecule has 2 heterocycles. The number of carbonyl (C=O) groups excluding carboxylic acids is 2. The molecule has 2 saturated heterocycles. The molecule has 0 aromatic heterocycles. The Morgan fingerprint density at radius 1 is 1.29 bits per heavy atom. The van der Waals surface area contributed by atoms with Crippen LogP contribution in [-0.2, 0) is 4.79 Å². The molecule has 2 fully saturated rings. The van der Waals surface area contributed by atoms with Crippen LogP contribution in [0, 0.1) is 5.92 Å². The summed E-state index contributed by atoms with van der Waals surface area (Å²) in [4.78, 5) is 23.3. The van der Waals surface area contributed by atoms with E-state index in [0.29, 0.717) is 0 Å². The van der Waals surface area contributed by atoms with Crippen molar-refractivity contribution < 1.29 is 9.59 Å². The lowest BCUT2D eigenvalue weighted by Crippen LogP contribution is -2.55. The maximum atomic E-state index is 12.0. The van der Waals surface area contributed by atoms with Crippen LogP contribution in [0.5, 0.6) is 0 Å². The summed E-state index contributed by atoms with van der Waals surface area (Å²) < 4.78 is 0. The van der Waals surface area contributed by atoms with E-state index in [4.69, 9.17) is 0 Å². The zero-order valence-corrected chi connectivity index (χ0v) is 10.9. The van der Waals surface area contributed by atoms with E-state index in [1.54, 1.807) is 0 Å². The number of nitrogens with one attached hydrogen (secondary N) is 3. The standard InChI is InChI=1S/C11H19N3O2.ClH/c1-2-5-11(8-3-6-12-7-4-8)9(15)13-10(16)14-11;/h8,12H,2-7H2,1H3,(H2,13,14,15,16);1H. The Kier molecular flexibility index (Phi) is 4.77. The summed E-state index contributed by atoms with van der Waals surface area (Å²) in [6.45, 7) is 3.90. The lowest BCUT2D eigenvalue weighted by Gasteiger charge is -2.37. The average molecular weight is 262 g/mol. The van der Waals surface area contributed by atoms with Crippen LogP contribution in [0.1, 0.15) is 32.6 Å². The van der Waals surface area contributed by atoms with Gasteiger partial charge < -0.3 is 10.6 Å². The first-order chi connectivity index (χ1) is 7.69. The van der Waals surface area contributed by atoms with Gasteiger partial charge >= 0.3 is 6.03 Å². The summed E-state index contributed by atoms with van der Waals surface area (Å²) in [7, 11) is 0. The predicted molar refractivity (Wildman–Crippen MR) is 67.2 cm³/mol. The lowest BCUT2D eigenvalue weighted by molar-refractivity contribution is -0.126. The molecular formula is C11H20ClN3O2. The fourth-order valence-electron chi connectivity index (χ4n) is 2.88. The zero-order valence-electron chi connectivity index (χ0n) is 10.0. The summed E-state index contributed by atoms with van der Waals surface area (Å²) >= 11 is 0. The van der Waals surface area contributed by atoms with Gasteiger partial charge in [-0.25, -0.2) is 4.79 Å². The van der Waals surface area contributed by atoms with Crippen molar-refractivity contribution in [1.82, 2.24) is 16.0 Å². The molecule has 2 rings (SSSR count). The summed E-state index contributed by atoms with van der Waals surface area (Å²) in [5.74, 6) is 0.131. The van der Waals surface area contributed by atoms with Crippen molar-refractivity contribution >= 4 is 24.3 Å². The topological polar surface area (TPSA) is 70.2 Å². The molecule has 5 nitrogen and oxygen atoms in total. The van der Waals surface area contributed by atoms with Crippen LogP contribution in [0.4, 0.5) is 4.79 Å². The van der Waals surface area contributed by atoms with Crippen molar-refractivity contribution in [2.45, 2.75) is 38.1 Å². The van der Waals surface area contributed by atoms with Crippen molar-refractivity contribution in [2.75, 3.05) is 13.1 Å². The van der Waals surface area contributed by atoms with Gasteiger partial charge in [-0.05, 0) is 38.3 Å². The van der Waals surface area contributed by atoms with Crippen LogP contribution in [-0.4, -0.2) is 30.6 Å². The molecule has 3 N–H and O–H groups in total. The van der Waals surface area contributed by atoms with E-state index in [-0.39, 0.29) is 30.3 Å². The Morgan fingerprint density at radius 2 is 1.94 bits per heavy atom. The fraction of sp³-hybridized carbons (Fsp3) is 0.818. The summed E-state index contributed by atoms with van der Waals surface area (Å²) in [6, 6.07) is -0.336. The number of amides is 3. The van der Waals surface area contributed by atoms with E-state index in [9.17, 15) is 9.59 Å². The quantitative estimate of drug-likeness (QED) is 0.658. The van der Waals surface area contributed by atoms with Crippen LogP contribution in [0.3, 0.4) is 0 Å². The molecular weight excluding hydrogens is 242 g/mol. The Labute approximate surface area is 108 Å². The Bertz CT molecular complexity index is 305. The third kappa shape index (κ3) is 2.55. The van der Waals surface area contributed by atoms with Crippen LogP contribution in [0.25, 0.3) is 0 Å². The number of rotatable bonds is 3. The highest BCUT2D eigenvalue weighted by Crippen LogP contribution is 2.32. The third-order valence-electron chi connectivity index (χ3n) is 3.65. The van der Waals surface area contributed by atoms with Gasteiger partial charge in [0, 0.05) is 0 Å². The van der Waals surface area contributed by atoms with E-state index >= 15 is 0 Å². The molecule has 0 aliphatic carbocycles. The Morgan fingerprint density at radius 3 is 2.41 bits per heavy atom. The van der Waals surface area contributed by atoms with Crippen LogP contribution in [0.15, 0.2) is 0 Å². The Hall–Kier alpha value is -0.810. The van der Waals surface area contributed by atoms with Crippen molar-refractivity contribution in [3.05, 3.63) is 0 Å². The summed E-state index contributed by atoms with van der Waals surface area (Å²) in [6.07, 6.45) is 3.54. The van der Waals surface area contributed by atoms with Gasteiger partial charge in [-0.15, -0.1) is 12.4 Å². The van der Waals surface area contributed by atoms with Gasteiger partial charge in [0.2, 0.25) is 0 Å². The number of piperidine rings is 1.